The van der Waals surface area contributed by atoms with Crippen LogP contribution in [0.4, 0.5) is 0 Å². The van der Waals surface area contributed by atoms with Crippen molar-refractivity contribution in [1.82, 2.24) is 0 Å². The zero-order chi connectivity index (χ0) is 16.0. The Morgan fingerprint density at radius 3 is 2.62 bits per heavy atom. The van der Waals surface area contributed by atoms with Crippen LogP contribution in [0.2, 0.25) is 0 Å². The van der Waals surface area contributed by atoms with Gasteiger partial charge in [0, 0.05) is 0 Å². The van der Waals surface area contributed by atoms with E-state index < -0.39 is 5.60 Å². The summed E-state index contributed by atoms with van der Waals surface area (Å²) < 4.78 is 4.94. The summed E-state index contributed by atoms with van der Waals surface area (Å²) in [6, 6.07) is 0. The maximum atomic E-state index is 11.5. The minimum atomic E-state index is -0.981. The summed E-state index contributed by atoms with van der Waals surface area (Å²) in [5.74, 6) is 1.75. The van der Waals surface area contributed by atoms with Gasteiger partial charge in [0.15, 0.2) is 0 Å². The molecule has 3 nitrogen and oxygen atoms in total. The Morgan fingerprint density at radius 1 is 1.38 bits per heavy atom. The normalized spacial score (nSPS) is 24.8. The molecule has 0 aromatic rings. The molecule has 1 aliphatic carbocycles. The molecule has 0 spiro atoms. The highest BCUT2D eigenvalue weighted by molar-refractivity contribution is 5.71. The minimum absolute atomic E-state index is 0.0844. The molecule has 0 aliphatic heterocycles. The highest BCUT2D eigenvalue weighted by Gasteiger charge is 2.33. The zero-order valence-electron chi connectivity index (χ0n) is 14.3. The van der Waals surface area contributed by atoms with Crippen LogP contribution in [0.3, 0.4) is 0 Å². The van der Waals surface area contributed by atoms with Gasteiger partial charge >= 0.3 is 5.97 Å². The van der Waals surface area contributed by atoms with Crippen LogP contribution >= 0.6 is 0 Å². The molecule has 0 radical (unpaired) electrons. The second-order valence-corrected chi connectivity index (χ2v) is 7.15. The molecule has 0 aromatic heterocycles. The summed E-state index contributed by atoms with van der Waals surface area (Å²) in [6.45, 7) is 11.3. The third-order valence-electron chi connectivity index (χ3n) is 4.63. The van der Waals surface area contributed by atoms with Gasteiger partial charge in [-0.25, -0.2) is 0 Å². The fourth-order valence-corrected chi connectivity index (χ4v) is 3.10. The predicted molar refractivity (Wildman–Crippen MR) is 85.9 cm³/mol. The summed E-state index contributed by atoms with van der Waals surface area (Å²) in [6.07, 6.45) is 5.79. The fourth-order valence-electron chi connectivity index (χ4n) is 3.10. The van der Waals surface area contributed by atoms with Crippen molar-refractivity contribution in [3.05, 3.63) is 11.6 Å². The summed E-state index contributed by atoms with van der Waals surface area (Å²) in [7, 11) is 0. The van der Waals surface area contributed by atoms with Crippen molar-refractivity contribution >= 4 is 5.97 Å². The Morgan fingerprint density at radius 2 is 2.05 bits per heavy atom. The fraction of sp³-hybridized carbons (Fsp3) is 0.833. The van der Waals surface area contributed by atoms with E-state index in [-0.39, 0.29) is 12.4 Å². The number of carbonyl (C=O) groups excluding carboxylic acids is 1. The molecule has 3 atom stereocenters. The van der Waals surface area contributed by atoms with Gasteiger partial charge in [0.25, 0.3) is 0 Å². The molecule has 0 saturated carbocycles. The molecule has 0 bridgehead atoms. The van der Waals surface area contributed by atoms with Crippen molar-refractivity contribution < 1.29 is 14.6 Å². The Kier molecular flexibility index (Phi) is 6.92. The molecule has 3 unspecified atom stereocenters. The highest BCUT2D eigenvalue weighted by Crippen LogP contribution is 2.35. The SMILES string of the molecule is CCOC(=O)CC1(O)C=C(CC(C)CC(C)C(C)C)CC1. The van der Waals surface area contributed by atoms with Crippen molar-refractivity contribution in [3.63, 3.8) is 0 Å². The van der Waals surface area contributed by atoms with E-state index in [2.05, 4.69) is 27.7 Å². The van der Waals surface area contributed by atoms with Gasteiger partial charge in [-0.3, -0.25) is 4.79 Å². The molecular weight excluding hydrogens is 264 g/mol. The molecule has 1 N–H and O–H groups in total. The van der Waals surface area contributed by atoms with E-state index in [0.717, 1.165) is 18.8 Å². The quantitative estimate of drug-likeness (QED) is 0.542. The van der Waals surface area contributed by atoms with Crippen LogP contribution in [0.15, 0.2) is 11.6 Å². The maximum Gasteiger partial charge on any atom is 0.309 e. The third kappa shape index (κ3) is 6.21. The lowest BCUT2D eigenvalue weighted by Crippen LogP contribution is -2.27. The van der Waals surface area contributed by atoms with Crippen LogP contribution in [0.25, 0.3) is 0 Å². The first-order chi connectivity index (χ1) is 9.75. The average Bonchev–Trinajstić information content (AvgIpc) is 2.69. The van der Waals surface area contributed by atoms with E-state index in [1.54, 1.807) is 6.92 Å². The zero-order valence-corrected chi connectivity index (χ0v) is 14.3. The lowest BCUT2D eigenvalue weighted by atomic mass is 9.86. The van der Waals surface area contributed by atoms with E-state index in [0.29, 0.717) is 24.9 Å². The van der Waals surface area contributed by atoms with Gasteiger partial charge < -0.3 is 9.84 Å². The van der Waals surface area contributed by atoms with Gasteiger partial charge in [0.2, 0.25) is 0 Å². The summed E-state index contributed by atoms with van der Waals surface area (Å²) in [5.41, 5.74) is 0.315. The van der Waals surface area contributed by atoms with E-state index in [1.165, 1.54) is 12.0 Å². The van der Waals surface area contributed by atoms with E-state index in [1.807, 2.05) is 6.08 Å². The molecular formula is C18H32O3. The summed E-state index contributed by atoms with van der Waals surface area (Å²) in [5, 5.41) is 10.5. The number of hydrogen-bond donors (Lipinski definition) is 1. The van der Waals surface area contributed by atoms with Gasteiger partial charge in [-0.05, 0) is 50.4 Å². The molecule has 3 heteroatoms. The van der Waals surface area contributed by atoms with Crippen LogP contribution in [0.5, 0.6) is 0 Å². The lowest BCUT2D eigenvalue weighted by Gasteiger charge is -2.20. The first-order valence-electron chi connectivity index (χ1n) is 8.34. The number of ether oxygens (including phenoxy) is 1. The van der Waals surface area contributed by atoms with Crippen molar-refractivity contribution in [2.45, 2.75) is 72.3 Å². The molecule has 1 aliphatic rings. The first-order valence-corrected chi connectivity index (χ1v) is 8.34. The number of esters is 1. The molecule has 21 heavy (non-hydrogen) atoms. The number of carbonyl (C=O) groups is 1. The van der Waals surface area contributed by atoms with Crippen molar-refractivity contribution in [1.29, 1.82) is 0 Å². The van der Waals surface area contributed by atoms with E-state index in [4.69, 9.17) is 4.74 Å². The average molecular weight is 296 g/mol. The number of rotatable bonds is 8. The lowest BCUT2D eigenvalue weighted by molar-refractivity contribution is -0.147. The minimum Gasteiger partial charge on any atom is -0.466 e. The first kappa shape index (κ1) is 18.2. The van der Waals surface area contributed by atoms with Crippen LogP contribution in [0, 0.1) is 17.8 Å². The number of aliphatic hydroxyl groups is 1. The maximum absolute atomic E-state index is 11.5. The number of allylic oxidation sites excluding steroid dienone is 1. The largest absolute Gasteiger partial charge is 0.466 e. The Hall–Kier alpha value is -0.830. The molecule has 0 aromatic carbocycles. The molecule has 1 rings (SSSR count). The second kappa shape index (κ2) is 7.98. The Balaban J connectivity index is 2.50. The van der Waals surface area contributed by atoms with Crippen LogP contribution in [-0.2, 0) is 9.53 Å². The van der Waals surface area contributed by atoms with Crippen molar-refractivity contribution in [3.8, 4) is 0 Å². The van der Waals surface area contributed by atoms with Crippen molar-refractivity contribution in [2.24, 2.45) is 17.8 Å². The van der Waals surface area contributed by atoms with Crippen LogP contribution in [-0.4, -0.2) is 23.3 Å². The molecule has 0 amide bonds. The summed E-state index contributed by atoms with van der Waals surface area (Å²) >= 11 is 0. The number of hydrogen-bond acceptors (Lipinski definition) is 3. The third-order valence-corrected chi connectivity index (χ3v) is 4.63. The Bertz CT molecular complexity index is 373. The molecule has 0 fully saturated rings. The van der Waals surface area contributed by atoms with Gasteiger partial charge in [-0.1, -0.05) is 39.3 Å². The molecule has 122 valence electrons. The van der Waals surface area contributed by atoms with Crippen LogP contribution in [0.1, 0.15) is 66.7 Å². The van der Waals surface area contributed by atoms with Gasteiger partial charge in [-0.2, -0.15) is 0 Å². The van der Waals surface area contributed by atoms with Crippen LogP contribution < -0.4 is 0 Å². The monoisotopic (exact) mass is 296 g/mol. The van der Waals surface area contributed by atoms with Gasteiger partial charge in [0.1, 0.15) is 0 Å². The molecule has 0 heterocycles. The second-order valence-electron chi connectivity index (χ2n) is 7.15. The smallest absolute Gasteiger partial charge is 0.309 e. The Labute approximate surface area is 129 Å². The predicted octanol–water partition coefficient (Wildman–Crippen LogP) is 4.10. The topological polar surface area (TPSA) is 46.5 Å². The van der Waals surface area contributed by atoms with Crippen molar-refractivity contribution in [2.75, 3.05) is 6.61 Å². The van der Waals surface area contributed by atoms with E-state index in [9.17, 15) is 9.90 Å². The van der Waals surface area contributed by atoms with Gasteiger partial charge in [0.05, 0.1) is 18.6 Å². The van der Waals surface area contributed by atoms with Gasteiger partial charge in [-0.15, -0.1) is 0 Å². The standard InChI is InChI=1S/C18H32O3/c1-6-21-17(19)12-18(20)8-7-16(11-18)10-14(4)9-15(5)13(2)3/h11,13-15,20H,6-10,12H2,1-5H3. The van der Waals surface area contributed by atoms with E-state index >= 15 is 0 Å². The molecule has 0 saturated heterocycles. The summed E-state index contributed by atoms with van der Waals surface area (Å²) in [4.78, 5) is 11.5. The highest BCUT2D eigenvalue weighted by atomic mass is 16.5.